The Bertz CT molecular complexity index is 580. The maximum atomic E-state index is 9.50. The lowest BCUT2D eigenvalue weighted by atomic mass is 10.1. The van der Waals surface area contributed by atoms with Gasteiger partial charge in [0.2, 0.25) is 0 Å². The number of phenolic OH excluding ortho intramolecular Hbond substituents is 1. The van der Waals surface area contributed by atoms with Crippen LogP contribution in [0, 0.1) is 0 Å². The van der Waals surface area contributed by atoms with Crippen molar-refractivity contribution in [2.24, 2.45) is 5.10 Å². The summed E-state index contributed by atoms with van der Waals surface area (Å²) in [6.45, 7) is 1.93. The molecule has 4 nitrogen and oxygen atoms in total. The van der Waals surface area contributed by atoms with Crippen LogP contribution in [0.1, 0.15) is 12.5 Å². The van der Waals surface area contributed by atoms with Crippen LogP contribution in [0.15, 0.2) is 53.6 Å². The minimum absolute atomic E-state index is 0.108. The van der Waals surface area contributed by atoms with E-state index in [0.29, 0.717) is 5.75 Å². The Morgan fingerprint density at radius 1 is 1.16 bits per heavy atom. The van der Waals surface area contributed by atoms with Crippen molar-refractivity contribution in [1.29, 1.82) is 0 Å². The van der Waals surface area contributed by atoms with E-state index in [2.05, 4.69) is 10.5 Å². The summed E-state index contributed by atoms with van der Waals surface area (Å²) in [4.78, 5) is 0. The number of hydrogen-bond donors (Lipinski definition) is 2. The van der Waals surface area contributed by atoms with Crippen molar-refractivity contribution in [2.45, 2.75) is 6.92 Å². The van der Waals surface area contributed by atoms with E-state index in [1.54, 1.807) is 18.2 Å². The summed E-state index contributed by atoms with van der Waals surface area (Å²) in [7, 11) is 1.51. The van der Waals surface area contributed by atoms with Gasteiger partial charge in [-0.25, -0.2) is 0 Å². The fraction of sp³-hybridized carbons (Fsp3) is 0.133. The first-order valence-corrected chi connectivity index (χ1v) is 5.93. The summed E-state index contributed by atoms with van der Waals surface area (Å²) >= 11 is 0. The molecule has 2 aromatic carbocycles. The van der Waals surface area contributed by atoms with E-state index in [4.69, 9.17) is 4.74 Å². The van der Waals surface area contributed by atoms with Gasteiger partial charge in [0.1, 0.15) is 0 Å². The largest absolute Gasteiger partial charge is 0.504 e. The van der Waals surface area contributed by atoms with Gasteiger partial charge < -0.3 is 9.84 Å². The monoisotopic (exact) mass is 256 g/mol. The van der Waals surface area contributed by atoms with E-state index in [1.165, 1.54) is 7.11 Å². The van der Waals surface area contributed by atoms with Gasteiger partial charge in [-0.1, -0.05) is 30.3 Å². The fourth-order valence-corrected chi connectivity index (χ4v) is 1.64. The first-order chi connectivity index (χ1) is 9.20. The van der Waals surface area contributed by atoms with Gasteiger partial charge in [0.25, 0.3) is 0 Å². The number of hydrazone groups is 1. The zero-order valence-electron chi connectivity index (χ0n) is 10.9. The third-order valence-electron chi connectivity index (χ3n) is 2.72. The summed E-state index contributed by atoms with van der Waals surface area (Å²) in [6, 6.07) is 14.9. The molecule has 19 heavy (non-hydrogen) atoms. The number of benzene rings is 2. The number of phenols is 1. The third-order valence-corrected chi connectivity index (χ3v) is 2.72. The van der Waals surface area contributed by atoms with Crippen molar-refractivity contribution in [3.05, 3.63) is 54.1 Å². The summed E-state index contributed by atoms with van der Waals surface area (Å²) in [5, 5.41) is 13.8. The Morgan fingerprint density at radius 2 is 1.89 bits per heavy atom. The molecule has 0 bridgehead atoms. The molecule has 0 saturated heterocycles. The van der Waals surface area contributed by atoms with Gasteiger partial charge in [-0.3, -0.25) is 5.43 Å². The molecule has 2 aromatic rings. The van der Waals surface area contributed by atoms with E-state index >= 15 is 0 Å². The number of methoxy groups -OCH3 is 1. The van der Waals surface area contributed by atoms with Crippen LogP contribution in [-0.2, 0) is 0 Å². The number of nitrogens with zero attached hydrogens (tertiary/aromatic N) is 1. The molecule has 0 radical (unpaired) electrons. The van der Waals surface area contributed by atoms with E-state index in [0.717, 1.165) is 17.0 Å². The van der Waals surface area contributed by atoms with Crippen LogP contribution in [0.2, 0.25) is 0 Å². The van der Waals surface area contributed by atoms with Crippen molar-refractivity contribution in [1.82, 2.24) is 0 Å². The lowest BCUT2D eigenvalue weighted by Gasteiger charge is -2.07. The molecule has 0 aliphatic rings. The minimum atomic E-state index is 0.108. The van der Waals surface area contributed by atoms with Gasteiger partial charge in [-0.15, -0.1) is 0 Å². The Balaban J connectivity index is 2.14. The highest BCUT2D eigenvalue weighted by Crippen LogP contribution is 2.28. The highest BCUT2D eigenvalue weighted by molar-refractivity contribution is 5.99. The van der Waals surface area contributed by atoms with Gasteiger partial charge in [0.15, 0.2) is 11.5 Å². The summed E-state index contributed by atoms with van der Waals surface area (Å²) in [5.74, 6) is 0.523. The molecule has 0 spiro atoms. The van der Waals surface area contributed by atoms with Crippen molar-refractivity contribution >= 4 is 11.4 Å². The number of hydrogen-bond acceptors (Lipinski definition) is 4. The van der Waals surface area contributed by atoms with Crippen LogP contribution in [0.25, 0.3) is 0 Å². The van der Waals surface area contributed by atoms with Crippen molar-refractivity contribution in [2.75, 3.05) is 12.5 Å². The minimum Gasteiger partial charge on any atom is -0.504 e. The summed E-state index contributed by atoms with van der Waals surface area (Å²) < 4.78 is 5.04. The van der Waals surface area contributed by atoms with Gasteiger partial charge in [0.05, 0.1) is 18.5 Å². The SMILES string of the molecule is COc1cc(NN=C(C)c2ccccc2)ccc1O. The zero-order valence-corrected chi connectivity index (χ0v) is 10.9. The number of aromatic hydroxyl groups is 1. The molecule has 0 saturated carbocycles. The van der Waals surface area contributed by atoms with Gasteiger partial charge in [-0.2, -0.15) is 5.10 Å². The topological polar surface area (TPSA) is 53.8 Å². The predicted octanol–water partition coefficient (Wildman–Crippen LogP) is 3.24. The average Bonchev–Trinajstić information content (AvgIpc) is 2.47. The normalized spacial score (nSPS) is 11.2. The zero-order chi connectivity index (χ0) is 13.7. The van der Waals surface area contributed by atoms with Gasteiger partial charge in [-0.05, 0) is 24.6 Å². The lowest BCUT2D eigenvalue weighted by Crippen LogP contribution is -1.99. The third kappa shape index (κ3) is 3.25. The first kappa shape index (κ1) is 13.0. The second kappa shape index (κ2) is 5.91. The maximum Gasteiger partial charge on any atom is 0.162 e. The Kier molecular flexibility index (Phi) is 4.03. The van der Waals surface area contributed by atoms with Crippen LogP contribution >= 0.6 is 0 Å². The molecule has 0 unspecified atom stereocenters. The van der Waals surface area contributed by atoms with Crippen molar-refractivity contribution in [3.63, 3.8) is 0 Å². The molecule has 0 aliphatic heterocycles. The van der Waals surface area contributed by atoms with Crippen molar-refractivity contribution < 1.29 is 9.84 Å². The second-order valence-electron chi connectivity index (χ2n) is 4.06. The number of anilines is 1. The van der Waals surface area contributed by atoms with Gasteiger partial charge >= 0.3 is 0 Å². The molecule has 2 rings (SSSR count). The highest BCUT2D eigenvalue weighted by Gasteiger charge is 2.02. The van der Waals surface area contributed by atoms with E-state index in [1.807, 2.05) is 37.3 Å². The second-order valence-corrected chi connectivity index (χ2v) is 4.06. The Hall–Kier alpha value is -2.49. The highest BCUT2D eigenvalue weighted by atomic mass is 16.5. The lowest BCUT2D eigenvalue weighted by molar-refractivity contribution is 0.373. The predicted molar refractivity (Wildman–Crippen MR) is 76.9 cm³/mol. The van der Waals surface area contributed by atoms with Crippen LogP contribution < -0.4 is 10.2 Å². The van der Waals surface area contributed by atoms with Crippen LogP contribution in [0.5, 0.6) is 11.5 Å². The number of ether oxygens (including phenoxy) is 1. The van der Waals surface area contributed by atoms with E-state index in [-0.39, 0.29) is 5.75 Å². The van der Waals surface area contributed by atoms with Crippen LogP contribution in [-0.4, -0.2) is 17.9 Å². The average molecular weight is 256 g/mol. The van der Waals surface area contributed by atoms with Gasteiger partial charge in [0, 0.05) is 6.07 Å². The smallest absolute Gasteiger partial charge is 0.162 e. The Morgan fingerprint density at radius 3 is 2.58 bits per heavy atom. The molecule has 0 aliphatic carbocycles. The van der Waals surface area contributed by atoms with E-state index < -0.39 is 0 Å². The quantitative estimate of drug-likeness (QED) is 0.501. The van der Waals surface area contributed by atoms with E-state index in [9.17, 15) is 5.11 Å². The molecule has 98 valence electrons. The van der Waals surface area contributed by atoms with Crippen LogP contribution in [0.4, 0.5) is 5.69 Å². The maximum absolute atomic E-state index is 9.50. The molecule has 0 amide bonds. The molecule has 0 heterocycles. The molecular weight excluding hydrogens is 240 g/mol. The first-order valence-electron chi connectivity index (χ1n) is 5.93. The molecule has 4 heteroatoms. The fourth-order valence-electron chi connectivity index (χ4n) is 1.64. The van der Waals surface area contributed by atoms with Crippen LogP contribution in [0.3, 0.4) is 0 Å². The Labute approximate surface area is 112 Å². The molecular formula is C15H16N2O2. The number of nitrogens with one attached hydrogen (secondary N) is 1. The number of rotatable bonds is 4. The van der Waals surface area contributed by atoms with Crippen molar-refractivity contribution in [3.8, 4) is 11.5 Å². The molecule has 0 aromatic heterocycles. The standard InChI is InChI=1S/C15H16N2O2/c1-11(12-6-4-3-5-7-12)16-17-13-8-9-14(18)15(10-13)19-2/h3-10,17-18H,1-2H3. The summed E-state index contributed by atoms with van der Waals surface area (Å²) in [5.41, 5.74) is 5.63. The summed E-state index contributed by atoms with van der Waals surface area (Å²) in [6.07, 6.45) is 0. The molecule has 0 fully saturated rings. The molecule has 2 N–H and O–H groups in total. The molecule has 0 atom stereocenters.